The third-order valence-electron chi connectivity index (χ3n) is 4.39. The summed E-state index contributed by atoms with van der Waals surface area (Å²) >= 11 is 0. The number of aromatic nitrogens is 1. The van der Waals surface area contributed by atoms with Gasteiger partial charge in [-0.15, -0.1) is 0 Å². The van der Waals surface area contributed by atoms with Crippen molar-refractivity contribution in [2.45, 2.75) is 6.92 Å². The Bertz CT molecular complexity index is 1140. The van der Waals surface area contributed by atoms with Gasteiger partial charge in [-0.25, -0.2) is 4.79 Å². The van der Waals surface area contributed by atoms with Gasteiger partial charge in [0.05, 0.1) is 17.8 Å². The molecular formula is C22H18N2O3. The fraction of sp³-hybridized carbons (Fsp3) is 0.0909. The molecular weight excluding hydrogens is 340 g/mol. The maximum absolute atomic E-state index is 12.5. The number of rotatable bonds is 4. The maximum Gasteiger partial charge on any atom is 0.341 e. The summed E-state index contributed by atoms with van der Waals surface area (Å²) in [5.41, 5.74) is 2.56. The van der Waals surface area contributed by atoms with Crippen LogP contribution in [-0.4, -0.2) is 22.7 Å². The van der Waals surface area contributed by atoms with Gasteiger partial charge in [0, 0.05) is 22.7 Å². The molecule has 27 heavy (non-hydrogen) atoms. The number of hydrogen-bond donors (Lipinski definition) is 2. The highest BCUT2D eigenvalue weighted by atomic mass is 16.5. The first-order valence-corrected chi connectivity index (χ1v) is 8.71. The van der Waals surface area contributed by atoms with Crippen LogP contribution in [0.2, 0.25) is 0 Å². The molecule has 1 aromatic heterocycles. The number of pyridine rings is 1. The van der Waals surface area contributed by atoms with Crippen molar-refractivity contribution in [1.29, 1.82) is 0 Å². The molecule has 2 N–H and O–H groups in total. The first-order chi connectivity index (χ1) is 13.2. The third-order valence-corrected chi connectivity index (χ3v) is 4.39. The second-order valence-electron chi connectivity index (χ2n) is 6.12. The van der Waals surface area contributed by atoms with Gasteiger partial charge in [-0.05, 0) is 36.6 Å². The molecule has 0 fully saturated rings. The first kappa shape index (κ1) is 16.8. The molecule has 0 bridgehead atoms. The van der Waals surface area contributed by atoms with Gasteiger partial charge in [0.15, 0.2) is 0 Å². The van der Waals surface area contributed by atoms with Crippen LogP contribution in [0.25, 0.3) is 21.7 Å². The number of carbonyl (C=O) groups is 1. The van der Waals surface area contributed by atoms with Crippen LogP contribution in [0.1, 0.15) is 17.3 Å². The number of nitrogens with zero attached hydrogens (tertiary/aromatic N) is 1. The number of phenols is 1. The molecule has 0 atom stereocenters. The number of esters is 1. The Morgan fingerprint density at radius 2 is 1.81 bits per heavy atom. The van der Waals surface area contributed by atoms with E-state index in [0.717, 1.165) is 27.4 Å². The Morgan fingerprint density at radius 1 is 1.04 bits per heavy atom. The summed E-state index contributed by atoms with van der Waals surface area (Å²) in [4.78, 5) is 17.0. The van der Waals surface area contributed by atoms with Crippen molar-refractivity contribution in [2.24, 2.45) is 0 Å². The molecule has 0 aliphatic rings. The van der Waals surface area contributed by atoms with Crippen LogP contribution in [0.4, 0.5) is 11.4 Å². The summed E-state index contributed by atoms with van der Waals surface area (Å²) < 4.78 is 5.20. The Labute approximate surface area is 156 Å². The van der Waals surface area contributed by atoms with E-state index in [4.69, 9.17) is 4.74 Å². The van der Waals surface area contributed by atoms with Crippen molar-refractivity contribution in [1.82, 2.24) is 4.98 Å². The van der Waals surface area contributed by atoms with Crippen molar-refractivity contribution < 1.29 is 14.6 Å². The highest BCUT2D eigenvalue weighted by molar-refractivity contribution is 6.13. The van der Waals surface area contributed by atoms with Crippen molar-refractivity contribution in [3.05, 3.63) is 72.4 Å². The fourth-order valence-electron chi connectivity index (χ4n) is 3.12. The Hall–Kier alpha value is -3.60. The molecule has 134 valence electrons. The standard InChI is InChI=1S/C22H18N2O3/c1-2-27-22(26)19-13-23-20-17-6-4-3-5-14(17)7-12-18(20)21(19)24-15-8-10-16(25)11-9-15/h3-13,25H,2H2,1H3,(H,23,24). The zero-order valence-corrected chi connectivity index (χ0v) is 14.8. The molecule has 5 nitrogen and oxygen atoms in total. The van der Waals surface area contributed by atoms with Gasteiger partial charge in [0.25, 0.3) is 0 Å². The predicted molar refractivity (Wildman–Crippen MR) is 107 cm³/mol. The van der Waals surface area contributed by atoms with Crippen LogP contribution >= 0.6 is 0 Å². The number of aromatic hydroxyl groups is 1. The summed E-state index contributed by atoms with van der Waals surface area (Å²) in [6.45, 7) is 2.06. The molecule has 0 aliphatic heterocycles. The van der Waals surface area contributed by atoms with E-state index in [1.807, 2.05) is 36.4 Å². The topological polar surface area (TPSA) is 71.5 Å². The van der Waals surface area contributed by atoms with Crippen molar-refractivity contribution >= 4 is 39.0 Å². The van der Waals surface area contributed by atoms with Gasteiger partial charge < -0.3 is 15.2 Å². The lowest BCUT2D eigenvalue weighted by atomic mass is 10.0. The maximum atomic E-state index is 12.5. The number of hydrogen-bond acceptors (Lipinski definition) is 5. The summed E-state index contributed by atoms with van der Waals surface area (Å²) in [7, 11) is 0. The highest BCUT2D eigenvalue weighted by Gasteiger charge is 2.18. The van der Waals surface area contributed by atoms with Gasteiger partial charge in [-0.1, -0.05) is 36.4 Å². The lowest BCUT2D eigenvalue weighted by Gasteiger charge is -2.15. The summed E-state index contributed by atoms with van der Waals surface area (Å²) in [6, 6.07) is 18.6. The number of ether oxygens (including phenoxy) is 1. The van der Waals surface area contributed by atoms with Crippen molar-refractivity contribution in [3.8, 4) is 5.75 Å². The molecule has 0 saturated heterocycles. The number of phenolic OH excluding ortho intramolecular Hbond substituents is 1. The van der Waals surface area contributed by atoms with Crippen LogP contribution < -0.4 is 5.32 Å². The molecule has 4 rings (SSSR count). The molecule has 0 saturated carbocycles. The van der Waals surface area contributed by atoms with Crippen LogP contribution in [0.15, 0.2) is 66.9 Å². The summed E-state index contributed by atoms with van der Waals surface area (Å²) in [6.07, 6.45) is 1.55. The molecule has 4 aromatic rings. The second kappa shape index (κ2) is 6.96. The summed E-state index contributed by atoms with van der Waals surface area (Å²) in [5.74, 6) is -0.252. The van der Waals surface area contributed by atoms with Crippen LogP contribution in [-0.2, 0) is 4.74 Å². The van der Waals surface area contributed by atoms with E-state index in [2.05, 4.69) is 10.3 Å². The van der Waals surface area contributed by atoms with E-state index in [1.54, 1.807) is 37.4 Å². The largest absolute Gasteiger partial charge is 0.508 e. The number of benzene rings is 3. The third kappa shape index (κ3) is 3.15. The Balaban J connectivity index is 1.95. The smallest absolute Gasteiger partial charge is 0.341 e. The van der Waals surface area contributed by atoms with Gasteiger partial charge in [0.1, 0.15) is 11.3 Å². The van der Waals surface area contributed by atoms with Gasteiger partial charge in [-0.2, -0.15) is 0 Å². The average molecular weight is 358 g/mol. The van der Waals surface area contributed by atoms with E-state index >= 15 is 0 Å². The average Bonchev–Trinajstić information content (AvgIpc) is 2.69. The van der Waals surface area contributed by atoms with E-state index in [-0.39, 0.29) is 12.4 Å². The predicted octanol–water partition coefficient (Wildman–Crippen LogP) is 5.01. The van der Waals surface area contributed by atoms with E-state index in [0.29, 0.717) is 11.3 Å². The van der Waals surface area contributed by atoms with Crippen molar-refractivity contribution in [2.75, 3.05) is 11.9 Å². The molecule has 0 spiro atoms. The molecule has 0 radical (unpaired) electrons. The second-order valence-corrected chi connectivity index (χ2v) is 6.12. The SMILES string of the molecule is CCOC(=O)c1cnc2c(ccc3ccccc32)c1Nc1ccc(O)cc1. The zero-order valence-electron chi connectivity index (χ0n) is 14.8. The van der Waals surface area contributed by atoms with Crippen LogP contribution in [0.3, 0.4) is 0 Å². The number of carbonyl (C=O) groups excluding carboxylic acids is 1. The Morgan fingerprint density at radius 3 is 2.59 bits per heavy atom. The van der Waals surface area contributed by atoms with Crippen molar-refractivity contribution in [3.63, 3.8) is 0 Å². The molecule has 0 aliphatic carbocycles. The van der Waals surface area contributed by atoms with Crippen LogP contribution in [0, 0.1) is 0 Å². The number of fused-ring (bicyclic) bond motifs is 3. The molecule has 0 unspecified atom stereocenters. The molecule has 5 heteroatoms. The highest BCUT2D eigenvalue weighted by Crippen LogP contribution is 2.33. The van der Waals surface area contributed by atoms with Gasteiger partial charge in [-0.3, -0.25) is 4.98 Å². The monoisotopic (exact) mass is 358 g/mol. The van der Waals surface area contributed by atoms with E-state index < -0.39 is 5.97 Å². The minimum absolute atomic E-state index is 0.178. The lowest BCUT2D eigenvalue weighted by molar-refractivity contribution is 0.0527. The first-order valence-electron chi connectivity index (χ1n) is 8.71. The quantitative estimate of drug-likeness (QED) is 0.305. The zero-order chi connectivity index (χ0) is 18.8. The number of anilines is 2. The normalized spacial score (nSPS) is 10.9. The van der Waals surface area contributed by atoms with E-state index in [9.17, 15) is 9.90 Å². The summed E-state index contributed by atoms with van der Waals surface area (Å²) in [5, 5.41) is 15.7. The Kier molecular flexibility index (Phi) is 4.34. The van der Waals surface area contributed by atoms with Gasteiger partial charge >= 0.3 is 5.97 Å². The van der Waals surface area contributed by atoms with Crippen LogP contribution in [0.5, 0.6) is 5.75 Å². The lowest BCUT2D eigenvalue weighted by Crippen LogP contribution is -2.09. The van der Waals surface area contributed by atoms with Gasteiger partial charge in [0.2, 0.25) is 0 Å². The molecule has 0 amide bonds. The van der Waals surface area contributed by atoms with E-state index in [1.165, 1.54) is 0 Å². The minimum Gasteiger partial charge on any atom is -0.508 e. The fourth-order valence-corrected chi connectivity index (χ4v) is 3.12. The molecule has 1 heterocycles. The number of nitrogens with one attached hydrogen (secondary N) is 1. The minimum atomic E-state index is -0.429. The molecule has 3 aromatic carbocycles.